The maximum Gasteiger partial charge on any atom is 0.251 e. The van der Waals surface area contributed by atoms with Crippen molar-refractivity contribution in [3.05, 3.63) is 63.6 Å². The molecule has 0 aliphatic rings. The Morgan fingerprint density at radius 1 is 1.04 bits per heavy atom. The minimum absolute atomic E-state index is 0.144. The van der Waals surface area contributed by atoms with Gasteiger partial charge in [-0.25, -0.2) is 0 Å². The largest absolute Gasteiger partial charge is 0.343 e. The van der Waals surface area contributed by atoms with Crippen LogP contribution in [-0.4, -0.2) is 25.4 Å². The minimum Gasteiger partial charge on any atom is -0.343 e. The molecule has 0 aromatic heterocycles. The Kier molecular flexibility index (Phi) is 6.61. The molecule has 2 aromatic carbocycles. The van der Waals surface area contributed by atoms with Gasteiger partial charge in [0.15, 0.2) is 0 Å². The first-order valence-corrected chi connectivity index (χ1v) is 8.02. The summed E-state index contributed by atoms with van der Waals surface area (Å²) in [6.07, 6.45) is 0. The van der Waals surface area contributed by atoms with E-state index >= 15 is 0 Å². The Bertz CT molecular complexity index is 750. The van der Waals surface area contributed by atoms with Crippen LogP contribution in [0.3, 0.4) is 0 Å². The fourth-order valence-corrected chi connectivity index (χ4v) is 2.37. The van der Waals surface area contributed by atoms with Gasteiger partial charge in [0.2, 0.25) is 5.91 Å². The van der Waals surface area contributed by atoms with Crippen LogP contribution in [0.5, 0.6) is 0 Å². The van der Waals surface area contributed by atoms with Gasteiger partial charge in [0.1, 0.15) is 0 Å². The summed E-state index contributed by atoms with van der Waals surface area (Å²) in [7, 11) is 1.85. The van der Waals surface area contributed by atoms with Crippen molar-refractivity contribution in [2.45, 2.75) is 6.54 Å². The van der Waals surface area contributed by atoms with E-state index in [1.54, 1.807) is 12.1 Å². The Hall–Kier alpha value is -2.08. The molecule has 0 fully saturated rings. The van der Waals surface area contributed by atoms with Gasteiger partial charge < -0.3 is 16.0 Å². The van der Waals surface area contributed by atoms with Gasteiger partial charge in [0.05, 0.1) is 16.6 Å². The molecule has 0 saturated carbocycles. The van der Waals surface area contributed by atoms with Gasteiger partial charge >= 0.3 is 0 Å². The smallest absolute Gasteiger partial charge is 0.251 e. The Morgan fingerprint density at radius 3 is 2.54 bits per heavy atom. The third-order valence-corrected chi connectivity index (χ3v) is 3.92. The first kappa shape index (κ1) is 18.3. The predicted molar refractivity (Wildman–Crippen MR) is 96.6 cm³/mol. The molecule has 0 aliphatic heterocycles. The first-order valence-electron chi connectivity index (χ1n) is 7.26. The van der Waals surface area contributed by atoms with E-state index in [0.717, 1.165) is 5.56 Å². The molecule has 3 N–H and O–H groups in total. The van der Waals surface area contributed by atoms with Crippen molar-refractivity contribution in [1.82, 2.24) is 10.6 Å². The lowest BCUT2D eigenvalue weighted by Crippen LogP contribution is -2.32. The van der Waals surface area contributed by atoms with Crippen molar-refractivity contribution < 1.29 is 9.59 Å². The molecule has 0 spiro atoms. The van der Waals surface area contributed by atoms with Crippen molar-refractivity contribution in [3.8, 4) is 0 Å². The number of hydrogen-bond acceptors (Lipinski definition) is 3. The second kappa shape index (κ2) is 8.68. The van der Waals surface area contributed by atoms with E-state index in [-0.39, 0.29) is 17.5 Å². The zero-order valence-corrected chi connectivity index (χ0v) is 14.5. The summed E-state index contributed by atoms with van der Waals surface area (Å²) in [4.78, 5) is 24.0. The number of anilines is 1. The molecule has 2 rings (SSSR count). The van der Waals surface area contributed by atoms with E-state index in [0.29, 0.717) is 22.8 Å². The molecular formula is C17H17Cl2N3O2. The zero-order valence-electron chi connectivity index (χ0n) is 13.0. The van der Waals surface area contributed by atoms with Gasteiger partial charge in [-0.3, -0.25) is 9.59 Å². The van der Waals surface area contributed by atoms with E-state index in [9.17, 15) is 9.59 Å². The predicted octanol–water partition coefficient (Wildman–Crippen LogP) is 3.08. The average Bonchev–Trinajstić information content (AvgIpc) is 2.56. The molecule has 0 radical (unpaired) electrons. The van der Waals surface area contributed by atoms with E-state index in [1.807, 2.05) is 25.2 Å². The van der Waals surface area contributed by atoms with Gasteiger partial charge in [0, 0.05) is 17.8 Å². The summed E-state index contributed by atoms with van der Waals surface area (Å²) in [5.41, 5.74) is 2.07. The second-order valence-corrected chi connectivity index (χ2v) is 5.90. The molecular weight excluding hydrogens is 349 g/mol. The highest BCUT2D eigenvalue weighted by atomic mass is 35.5. The highest BCUT2D eigenvalue weighted by Gasteiger charge is 2.10. The van der Waals surface area contributed by atoms with Crippen LogP contribution in [0, 0.1) is 0 Å². The van der Waals surface area contributed by atoms with E-state index in [2.05, 4.69) is 16.0 Å². The van der Waals surface area contributed by atoms with Crippen molar-refractivity contribution in [2.75, 3.05) is 18.9 Å². The molecule has 2 amide bonds. The van der Waals surface area contributed by atoms with Gasteiger partial charge in [-0.1, -0.05) is 35.3 Å². The molecule has 0 aliphatic carbocycles. The van der Waals surface area contributed by atoms with Crippen molar-refractivity contribution in [3.63, 3.8) is 0 Å². The van der Waals surface area contributed by atoms with Crippen LogP contribution in [0.4, 0.5) is 5.69 Å². The highest BCUT2D eigenvalue weighted by Crippen LogP contribution is 2.22. The molecule has 0 heterocycles. The van der Waals surface area contributed by atoms with E-state index < -0.39 is 5.91 Å². The average molecular weight is 366 g/mol. The van der Waals surface area contributed by atoms with Crippen molar-refractivity contribution in [1.29, 1.82) is 0 Å². The van der Waals surface area contributed by atoms with Crippen LogP contribution >= 0.6 is 23.2 Å². The quantitative estimate of drug-likeness (QED) is 0.736. The van der Waals surface area contributed by atoms with Gasteiger partial charge in [0.25, 0.3) is 5.91 Å². The highest BCUT2D eigenvalue weighted by molar-refractivity contribution is 6.42. The molecule has 5 nitrogen and oxygen atoms in total. The van der Waals surface area contributed by atoms with Crippen LogP contribution in [0.25, 0.3) is 0 Å². The maximum absolute atomic E-state index is 12.0. The summed E-state index contributed by atoms with van der Waals surface area (Å²) >= 11 is 11.7. The summed E-state index contributed by atoms with van der Waals surface area (Å²) in [6, 6.07) is 12.0. The third-order valence-electron chi connectivity index (χ3n) is 3.18. The second-order valence-electron chi connectivity index (χ2n) is 5.09. The standard InChI is InChI=1S/C17H17Cl2N3O2/c1-20-9-11-3-2-4-13(7-11)22-16(23)10-21-17(24)12-5-6-14(18)15(19)8-12/h2-8,20H,9-10H2,1H3,(H,21,24)(H,22,23). The van der Waals surface area contributed by atoms with Crippen LogP contribution in [0.15, 0.2) is 42.5 Å². The number of amides is 2. The van der Waals surface area contributed by atoms with E-state index in [1.165, 1.54) is 12.1 Å². The van der Waals surface area contributed by atoms with E-state index in [4.69, 9.17) is 23.2 Å². The SMILES string of the molecule is CNCc1cccc(NC(=O)CNC(=O)c2ccc(Cl)c(Cl)c2)c1. The molecule has 7 heteroatoms. The van der Waals surface area contributed by atoms with Gasteiger partial charge in [-0.2, -0.15) is 0 Å². The Labute approximate surface area is 150 Å². The lowest BCUT2D eigenvalue weighted by atomic mass is 10.2. The summed E-state index contributed by atoms with van der Waals surface area (Å²) in [5, 5.41) is 8.98. The fourth-order valence-electron chi connectivity index (χ4n) is 2.07. The molecule has 0 saturated heterocycles. The maximum atomic E-state index is 12.0. The molecule has 0 atom stereocenters. The summed E-state index contributed by atoms with van der Waals surface area (Å²) in [5.74, 6) is -0.710. The number of carbonyl (C=O) groups excluding carboxylic acids is 2. The first-order chi connectivity index (χ1) is 11.5. The van der Waals surface area contributed by atoms with Crippen molar-refractivity contribution >= 4 is 40.7 Å². The summed E-state index contributed by atoms with van der Waals surface area (Å²) in [6.45, 7) is 0.563. The monoisotopic (exact) mass is 365 g/mol. The Balaban J connectivity index is 1.89. The number of benzene rings is 2. The van der Waals surface area contributed by atoms with Gasteiger partial charge in [-0.05, 0) is 42.9 Å². The van der Waals surface area contributed by atoms with Crippen molar-refractivity contribution in [2.24, 2.45) is 0 Å². The summed E-state index contributed by atoms with van der Waals surface area (Å²) < 4.78 is 0. The topological polar surface area (TPSA) is 70.2 Å². The molecule has 0 unspecified atom stereocenters. The van der Waals surface area contributed by atoms with Gasteiger partial charge in [-0.15, -0.1) is 0 Å². The van der Waals surface area contributed by atoms with Crippen LogP contribution < -0.4 is 16.0 Å². The lowest BCUT2D eigenvalue weighted by molar-refractivity contribution is -0.115. The third kappa shape index (κ3) is 5.23. The molecule has 24 heavy (non-hydrogen) atoms. The molecule has 0 bridgehead atoms. The van der Waals surface area contributed by atoms with Crippen LogP contribution in [0.2, 0.25) is 10.0 Å². The number of rotatable bonds is 6. The Morgan fingerprint density at radius 2 is 1.83 bits per heavy atom. The normalized spacial score (nSPS) is 10.3. The number of halogens is 2. The zero-order chi connectivity index (χ0) is 17.5. The fraction of sp³-hybridized carbons (Fsp3) is 0.176. The van der Waals surface area contributed by atoms with Crippen LogP contribution in [0.1, 0.15) is 15.9 Å². The molecule has 2 aromatic rings. The minimum atomic E-state index is -0.396. The number of carbonyl (C=O) groups is 2. The lowest BCUT2D eigenvalue weighted by Gasteiger charge is -2.09. The van der Waals surface area contributed by atoms with Crippen LogP contribution in [-0.2, 0) is 11.3 Å². The molecule has 126 valence electrons. The number of hydrogen-bond donors (Lipinski definition) is 3. The number of nitrogens with one attached hydrogen (secondary N) is 3.